The summed E-state index contributed by atoms with van der Waals surface area (Å²) >= 11 is 0. The molecule has 2 amide bonds. The van der Waals surface area contributed by atoms with Crippen molar-refractivity contribution in [3.63, 3.8) is 0 Å². The summed E-state index contributed by atoms with van der Waals surface area (Å²) in [6, 6.07) is 0. The number of ether oxygens (including phenoxy) is 1. The van der Waals surface area contributed by atoms with E-state index < -0.39 is 11.3 Å². The Morgan fingerprint density at radius 1 is 1.25 bits per heavy atom. The summed E-state index contributed by atoms with van der Waals surface area (Å²) in [6.07, 6.45) is 15.7. The molecule has 0 radical (unpaired) electrons. The molecule has 1 aliphatic carbocycles. The van der Waals surface area contributed by atoms with Gasteiger partial charge in [-0.3, -0.25) is 14.4 Å². The minimum absolute atomic E-state index is 0.0277. The predicted molar refractivity (Wildman–Crippen MR) is 125 cm³/mol. The molecule has 2 rings (SSSR count). The first-order chi connectivity index (χ1) is 15.2. The zero-order valence-corrected chi connectivity index (χ0v) is 20.3. The number of esters is 1. The molecule has 0 aromatic rings. The molecule has 6 nitrogen and oxygen atoms in total. The van der Waals surface area contributed by atoms with E-state index in [-0.39, 0.29) is 36.2 Å². The number of piperidine rings is 1. The lowest BCUT2D eigenvalue weighted by molar-refractivity contribution is -0.162. The van der Waals surface area contributed by atoms with E-state index in [1.54, 1.807) is 4.90 Å². The largest absolute Gasteiger partial charge is 0.468 e. The molecule has 1 saturated heterocycles. The van der Waals surface area contributed by atoms with E-state index >= 15 is 0 Å². The van der Waals surface area contributed by atoms with Crippen LogP contribution in [-0.2, 0) is 19.1 Å². The van der Waals surface area contributed by atoms with Crippen LogP contribution in [0.2, 0.25) is 0 Å². The number of carbonyl (C=O) groups excluding carboxylic acids is 3. The van der Waals surface area contributed by atoms with E-state index in [1.165, 1.54) is 26.4 Å². The van der Waals surface area contributed by atoms with Crippen LogP contribution in [0, 0.1) is 29.1 Å². The second-order valence-corrected chi connectivity index (χ2v) is 10.1. The van der Waals surface area contributed by atoms with Crippen molar-refractivity contribution in [1.82, 2.24) is 10.2 Å². The van der Waals surface area contributed by atoms with Gasteiger partial charge in [0, 0.05) is 24.6 Å². The number of nitrogens with one attached hydrogen (secondary N) is 1. The number of hydrogen-bond donors (Lipinski definition) is 1. The highest BCUT2D eigenvalue weighted by molar-refractivity contribution is 5.92. The Kier molecular flexibility index (Phi) is 9.36. The number of nitrogens with zero attached hydrogens (tertiary/aromatic N) is 1. The number of fused-ring (bicyclic) bond motifs is 1. The van der Waals surface area contributed by atoms with Gasteiger partial charge < -0.3 is 15.0 Å². The van der Waals surface area contributed by atoms with Gasteiger partial charge >= 0.3 is 5.97 Å². The van der Waals surface area contributed by atoms with Gasteiger partial charge in [-0.15, -0.1) is 6.42 Å². The van der Waals surface area contributed by atoms with Crippen LogP contribution < -0.4 is 5.32 Å². The quantitative estimate of drug-likeness (QED) is 0.294. The molecule has 2 atom stereocenters. The highest BCUT2D eigenvalue weighted by atomic mass is 16.5. The summed E-state index contributed by atoms with van der Waals surface area (Å²) in [5.41, 5.74) is -0.216. The van der Waals surface area contributed by atoms with Crippen molar-refractivity contribution < 1.29 is 19.1 Å². The third-order valence-electron chi connectivity index (χ3n) is 6.75. The first-order valence-corrected chi connectivity index (χ1v) is 12.0. The molecule has 0 saturated carbocycles. The zero-order valence-electron chi connectivity index (χ0n) is 20.3. The Bertz CT molecular complexity index is 764. The predicted octanol–water partition coefficient (Wildman–Crippen LogP) is 4.20. The van der Waals surface area contributed by atoms with E-state index in [9.17, 15) is 14.4 Å². The van der Waals surface area contributed by atoms with Gasteiger partial charge in [0.05, 0.1) is 13.7 Å². The summed E-state index contributed by atoms with van der Waals surface area (Å²) in [5, 5.41) is 2.65. The van der Waals surface area contributed by atoms with E-state index in [0.717, 1.165) is 31.4 Å². The summed E-state index contributed by atoms with van der Waals surface area (Å²) in [6.45, 7) is 7.15. The smallest absolute Gasteiger partial charge is 0.317 e. The van der Waals surface area contributed by atoms with E-state index in [2.05, 4.69) is 38.1 Å². The Labute approximate surface area is 193 Å². The van der Waals surface area contributed by atoms with Crippen LogP contribution >= 0.6 is 0 Å². The maximum absolute atomic E-state index is 13.5. The van der Waals surface area contributed by atoms with Gasteiger partial charge in [0.15, 0.2) is 0 Å². The number of hydrogen-bond acceptors (Lipinski definition) is 4. The first kappa shape index (κ1) is 26.0. The average molecular weight is 445 g/mol. The molecule has 32 heavy (non-hydrogen) atoms. The number of terminal acetylenes is 1. The number of allylic oxidation sites excluding steroid dienone is 1. The van der Waals surface area contributed by atoms with Crippen molar-refractivity contribution in [3.8, 4) is 12.3 Å². The van der Waals surface area contributed by atoms with Crippen molar-refractivity contribution in [3.05, 3.63) is 11.8 Å². The standard InChI is InChI=1S/C26H40N2O4/c1-6-8-9-10-11-12-16-28-21-13-14-25(3,4)19-26(21,24(31)32-5)18-20(23(28)30)17-22(29)27-15-7-2/h2,13,20H,6,8-12,14-19H2,1,3-5H3,(H,27,29)/t20-,26-/m1/s1. The van der Waals surface area contributed by atoms with Crippen molar-refractivity contribution in [1.29, 1.82) is 0 Å². The topological polar surface area (TPSA) is 75.7 Å². The maximum Gasteiger partial charge on any atom is 0.317 e. The molecule has 1 heterocycles. The Morgan fingerprint density at radius 2 is 1.94 bits per heavy atom. The van der Waals surface area contributed by atoms with Crippen LogP contribution in [0.15, 0.2) is 11.8 Å². The molecular formula is C26H40N2O4. The Balaban J connectivity index is 2.30. The number of likely N-dealkylation sites (tertiary alicyclic amines) is 1. The monoisotopic (exact) mass is 444 g/mol. The summed E-state index contributed by atoms with van der Waals surface area (Å²) in [4.78, 5) is 40.9. The number of unbranched alkanes of at least 4 members (excludes halogenated alkanes) is 5. The van der Waals surface area contributed by atoms with Gasteiger partial charge in [0.25, 0.3) is 0 Å². The summed E-state index contributed by atoms with van der Waals surface area (Å²) < 4.78 is 5.27. The van der Waals surface area contributed by atoms with Crippen molar-refractivity contribution in [2.45, 2.75) is 85.0 Å². The van der Waals surface area contributed by atoms with Gasteiger partial charge in [-0.25, -0.2) is 0 Å². The molecule has 0 unspecified atom stereocenters. The Morgan fingerprint density at radius 3 is 2.59 bits per heavy atom. The normalized spacial score (nSPS) is 24.2. The van der Waals surface area contributed by atoms with E-state index in [0.29, 0.717) is 19.4 Å². The van der Waals surface area contributed by atoms with Crippen LogP contribution in [-0.4, -0.2) is 42.9 Å². The Hall–Kier alpha value is -2.29. The molecule has 1 aliphatic heterocycles. The average Bonchev–Trinajstić information content (AvgIpc) is 2.75. The zero-order chi connectivity index (χ0) is 23.8. The molecular weight excluding hydrogens is 404 g/mol. The fraction of sp³-hybridized carbons (Fsp3) is 0.731. The lowest BCUT2D eigenvalue weighted by Crippen LogP contribution is -2.56. The SMILES string of the molecule is C#CCNC(=O)C[C@@H]1C[C@@]2(C(=O)OC)CC(C)(C)CC=C2N(CCCCCCCC)C1=O. The van der Waals surface area contributed by atoms with E-state index in [4.69, 9.17) is 11.2 Å². The number of carbonyl (C=O) groups is 3. The highest BCUT2D eigenvalue weighted by Gasteiger charge is 2.57. The second kappa shape index (κ2) is 11.5. The van der Waals surface area contributed by atoms with Crippen LogP contribution in [0.3, 0.4) is 0 Å². The van der Waals surface area contributed by atoms with Crippen molar-refractivity contribution in [2.75, 3.05) is 20.2 Å². The van der Waals surface area contributed by atoms with Crippen LogP contribution in [0.1, 0.15) is 85.0 Å². The van der Waals surface area contributed by atoms with Crippen molar-refractivity contribution >= 4 is 17.8 Å². The third-order valence-corrected chi connectivity index (χ3v) is 6.75. The van der Waals surface area contributed by atoms with Gasteiger partial charge in [-0.1, -0.05) is 64.9 Å². The van der Waals surface area contributed by atoms with E-state index in [1.807, 2.05) is 0 Å². The molecule has 178 valence electrons. The maximum atomic E-state index is 13.5. The van der Waals surface area contributed by atoms with Gasteiger partial charge in [0.1, 0.15) is 5.41 Å². The number of amides is 2. The number of methoxy groups -OCH3 is 1. The van der Waals surface area contributed by atoms with Gasteiger partial charge in [-0.2, -0.15) is 0 Å². The molecule has 2 aliphatic rings. The highest BCUT2D eigenvalue weighted by Crippen LogP contribution is 2.54. The minimum Gasteiger partial charge on any atom is -0.468 e. The molecule has 0 aromatic carbocycles. The lowest BCUT2D eigenvalue weighted by Gasteiger charge is -2.51. The van der Waals surface area contributed by atoms with Crippen LogP contribution in [0.5, 0.6) is 0 Å². The molecule has 1 N–H and O–H groups in total. The van der Waals surface area contributed by atoms with Crippen LogP contribution in [0.25, 0.3) is 0 Å². The van der Waals surface area contributed by atoms with Gasteiger partial charge in [-0.05, 0) is 31.1 Å². The fourth-order valence-corrected chi connectivity index (χ4v) is 5.28. The summed E-state index contributed by atoms with van der Waals surface area (Å²) in [7, 11) is 1.40. The number of rotatable bonds is 11. The summed E-state index contributed by atoms with van der Waals surface area (Å²) in [5.74, 6) is 1.17. The van der Waals surface area contributed by atoms with Crippen molar-refractivity contribution in [2.24, 2.45) is 16.7 Å². The second-order valence-electron chi connectivity index (χ2n) is 10.1. The molecule has 6 heteroatoms. The minimum atomic E-state index is -0.899. The molecule has 1 fully saturated rings. The molecule has 0 spiro atoms. The lowest BCUT2D eigenvalue weighted by atomic mass is 9.59. The fourth-order valence-electron chi connectivity index (χ4n) is 5.28. The van der Waals surface area contributed by atoms with Crippen LogP contribution in [0.4, 0.5) is 0 Å². The first-order valence-electron chi connectivity index (χ1n) is 12.0. The van der Waals surface area contributed by atoms with Gasteiger partial charge in [0.2, 0.25) is 11.8 Å². The third kappa shape index (κ3) is 6.15. The molecule has 0 aromatic heterocycles. The molecule has 0 bridgehead atoms.